The number of carbonyl (C=O) groups is 1. The predicted octanol–water partition coefficient (Wildman–Crippen LogP) is 1.96. The second kappa shape index (κ2) is 5.36. The molecule has 3 heteroatoms. The summed E-state index contributed by atoms with van der Waals surface area (Å²) in [4.78, 5) is 15.9. The first-order valence-corrected chi connectivity index (χ1v) is 6.25. The van der Waals surface area contributed by atoms with E-state index >= 15 is 0 Å². The largest absolute Gasteiger partial charge is 0.330 e. The van der Waals surface area contributed by atoms with E-state index in [1.165, 1.54) is 16.7 Å². The second-order valence-corrected chi connectivity index (χ2v) is 5.13. The summed E-state index contributed by atoms with van der Waals surface area (Å²) < 4.78 is 0. The number of likely N-dealkylation sites (N-methyl/N-ethyl adjacent to an activating group) is 1. The lowest BCUT2D eigenvalue weighted by atomic mass is 10.1. The fourth-order valence-electron chi connectivity index (χ4n) is 2.15. The molecule has 0 fully saturated rings. The zero-order valence-electron chi connectivity index (χ0n) is 11.3. The molecule has 1 amide bonds. The fraction of sp³-hybridized carbons (Fsp3) is 0.400. The average molecular weight is 244 g/mol. The Bertz CT molecular complexity index is 477. The molecule has 3 nitrogen and oxygen atoms in total. The number of amides is 1. The van der Waals surface area contributed by atoms with Gasteiger partial charge in [0.15, 0.2) is 0 Å². The van der Waals surface area contributed by atoms with E-state index in [2.05, 4.69) is 25.1 Å². The highest BCUT2D eigenvalue weighted by Crippen LogP contribution is 2.23. The van der Waals surface area contributed by atoms with Crippen molar-refractivity contribution in [3.63, 3.8) is 0 Å². The third-order valence-electron chi connectivity index (χ3n) is 3.13. The molecule has 0 bridgehead atoms. The van der Waals surface area contributed by atoms with Gasteiger partial charge in [-0.25, -0.2) is 0 Å². The van der Waals surface area contributed by atoms with Crippen LogP contribution in [0.3, 0.4) is 0 Å². The Hall–Kier alpha value is -1.61. The van der Waals surface area contributed by atoms with Crippen LogP contribution in [0.2, 0.25) is 0 Å². The summed E-state index contributed by atoms with van der Waals surface area (Å²) in [6.45, 7) is 4.36. The Kier molecular flexibility index (Phi) is 3.82. The SMILES string of the molecule is Cc1ccc2c(c1)CN(C(=O)/C=C/CN(C)C)C2. The Morgan fingerprint density at radius 2 is 2.06 bits per heavy atom. The summed E-state index contributed by atoms with van der Waals surface area (Å²) in [5, 5.41) is 0. The first-order chi connectivity index (χ1) is 8.56. The molecule has 1 aliphatic heterocycles. The van der Waals surface area contributed by atoms with Gasteiger partial charge in [-0.1, -0.05) is 29.8 Å². The monoisotopic (exact) mass is 244 g/mol. The highest BCUT2D eigenvalue weighted by atomic mass is 16.2. The van der Waals surface area contributed by atoms with Crippen molar-refractivity contribution in [2.75, 3.05) is 20.6 Å². The van der Waals surface area contributed by atoms with Gasteiger partial charge < -0.3 is 9.80 Å². The third kappa shape index (κ3) is 2.99. The molecule has 0 N–H and O–H groups in total. The normalized spacial score (nSPS) is 14.6. The van der Waals surface area contributed by atoms with Crippen molar-refractivity contribution in [1.29, 1.82) is 0 Å². The van der Waals surface area contributed by atoms with Crippen LogP contribution in [0.4, 0.5) is 0 Å². The summed E-state index contributed by atoms with van der Waals surface area (Å²) in [6, 6.07) is 6.41. The number of rotatable bonds is 3. The molecule has 0 aliphatic carbocycles. The highest BCUT2D eigenvalue weighted by molar-refractivity contribution is 5.88. The molecule has 0 saturated carbocycles. The Balaban J connectivity index is 1.98. The Morgan fingerprint density at radius 3 is 2.78 bits per heavy atom. The molecule has 18 heavy (non-hydrogen) atoms. The molecule has 1 aromatic rings. The summed E-state index contributed by atoms with van der Waals surface area (Å²) >= 11 is 0. The van der Waals surface area contributed by atoms with Crippen molar-refractivity contribution in [1.82, 2.24) is 9.80 Å². The predicted molar refractivity (Wildman–Crippen MR) is 73.1 cm³/mol. The van der Waals surface area contributed by atoms with Crippen LogP contribution in [-0.2, 0) is 17.9 Å². The van der Waals surface area contributed by atoms with Crippen LogP contribution in [0.25, 0.3) is 0 Å². The first-order valence-electron chi connectivity index (χ1n) is 6.25. The van der Waals surface area contributed by atoms with E-state index in [4.69, 9.17) is 0 Å². The number of benzene rings is 1. The fourth-order valence-corrected chi connectivity index (χ4v) is 2.15. The van der Waals surface area contributed by atoms with E-state index in [1.54, 1.807) is 6.08 Å². The van der Waals surface area contributed by atoms with Gasteiger partial charge in [-0.2, -0.15) is 0 Å². The van der Waals surface area contributed by atoms with Crippen molar-refractivity contribution in [3.05, 3.63) is 47.0 Å². The number of hydrogen-bond donors (Lipinski definition) is 0. The van der Waals surface area contributed by atoms with E-state index in [0.29, 0.717) is 0 Å². The van der Waals surface area contributed by atoms with Crippen LogP contribution >= 0.6 is 0 Å². The van der Waals surface area contributed by atoms with E-state index in [0.717, 1.165) is 19.6 Å². The topological polar surface area (TPSA) is 23.6 Å². The summed E-state index contributed by atoms with van der Waals surface area (Å²) in [5.41, 5.74) is 3.81. The zero-order chi connectivity index (χ0) is 13.1. The molecule has 0 unspecified atom stereocenters. The molecule has 0 atom stereocenters. The second-order valence-electron chi connectivity index (χ2n) is 5.13. The number of hydrogen-bond acceptors (Lipinski definition) is 2. The van der Waals surface area contributed by atoms with Crippen LogP contribution < -0.4 is 0 Å². The zero-order valence-corrected chi connectivity index (χ0v) is 11.3. The lowest BCUT2D eigenvalue weighted by Crippen LogP contribution is -2.23. The smallest absolute Gasteiger partial charge is 0.246 e. The van der Waals surface area contributed by atoms with Crippen molar-refractivity contribution in [3.8, 4) is 0 Å². The number of aryl methyl sites for hydroxylation is 1. The lowest BCUT2D eigenvalue weighted by Gasteiger charge is -2.12. The van der Waals surface area contributed by atoms with Crippen LogP contribution in [-0.4, -0.2) is 36.3 Å². The van der Waals surface area contributed by atoms with Gasteiger partial charge >= 0.3 is 0 Å². The molecular formula is C15H20N2O. The molecule has 2 rings (SSSR count). The molecule has 0 saturated heterocycles. The van der Waals surface area contributed by atoms with E-state index in [-0.39, 0.29) is 5.91 Å². The molecule has 0 radical (unpaired) electrons. The highest BCUT2D eigenvalue weighted by Gasteiger charge is 2.21. The van der Waals surface area contributed by atoms with E-state index in [9.17, 15) is 4.79 Å². The summed E-state index contributed by atoms with van der Waals surface area (Å²) in [5.74, 6) is 0.103. The van der Waals surface area contributed by atoms with Gasteiger partial charge in [0, 0.05) is 25.7 Å². The van der Waals surface area contributed by atoms with E-state index < -0.39 is 0 Å². The maximum atomic E-state index is 12.0. The van der Waals surface area contributed by atoms with Gasteiger partial charge in [0.2, 0.25) is 5.91 Å². The van der Waals surface area contributed by atoms with Gasteiger partial charge in [-0.3, -0.25) is 4.79 Å². The molecule has 1 heterocycles. The van der Waals surface area contributed by atoms with Gasteiger partial charge in [-0.15, -0.1) is 0 Å². The van der Waals surface area contributed by atoms with Crippen LogP contribution in [0.1, 0.15) is 16.7 Å². The Labute approximate surface area is 109 Å². The molecule has 1 aliphatic rings. The van der Waals surface area contributed by atoms with Gasteiger partial charge in [0.25, 0.3) is 0 Å². The third-order valence-corrected chi connectivity index (χ3v) is 3.13. The van der Waals surface area contributed by atoms with Gasteiger partial charge in [-0.05, 0) is 32.1 Å². The van der Waals surface area contributed by atoms with Crippen LogP contribution in [0.5, 0.6) is 0 Å². The lowest BCUT2D eigenvalue weighted by molar-refractivity contribution is -0.126. The molecule has 0 aromatic heterocycles. The quantitative estimate of drug-likeness (QED) is 0.759. The number of fused-ring (bicyclic) bond motifs is 1. The van der Waals surface area contributed by atoms with E-state index in [1.807, 2.05) is 30.0 Å². The minimum absolute atomic E-state index is 0.103. The standard InChI is InChI=1S/C15H20N2O/c1-12-6-7-13-10-17(11-14(13)9-12)15(18)5-4-8-16(2)3/h4-7,9H,8,10-11H2,1-3H3/b5-4+. The van der Waals surface area contributed by atoms with Crippen molar-refractivity contribution >= 4 is 5.91 Å². The molecule has 96 valence electrons. The first kappa shape index (κ1) is 12.8. The summed E-state index contributed by atoms with van der Waals surface area (Å²) in [6.07, 6.45) is 3.59. The molecule has 0 spiro atoms. The van der Waals surface area contributed by atoms with Crippen LogP contribution in [0, 0.1) is 6.92 Å². The van der Waals surface area contributed by atoms with Crippen molar-refractivity contribution in [2.24, 2.45) is 0 Å². The minimum Gasteiger partial charge on any atom is -0.330 e. The average Bonchev–Trinajstić information content (AvgIpc) is 2.71. The Morgan fingerprint density at radius 1 is 1.33 bits per heavy atom. The number of nitrogens with zero attached hydrogens (tertiary/aromatic N) is 2. The maximum absolute atomic E-state index is 12.0. The van der Waals surface area contributed by atoms with Crippen molar-refractivity contribution in [2.45, 2.75) is 20.0 Å². The maximum Gasteiger partial charge on any atom is 0.246 e. The molecule has 1 aromatic carbocycles. The number of carbonyl (C=O) groups excluding carboxylic acids is 1. The summed E-state index contributed by atoms with van der Waals surface area (Å²) in [7, 11) is 3.98. The minimum atomic E-state index is 0.103. The van der Waals surface area contributed by atoms with Crippen LogP contribution in [0.15, 0.2) is 30.4 Å². The van der Waals surface area contributed by atoms with Gasteiger partial charge in [0.1, 0.15) is 0 Å². The van der Waals surface area contributed by atoms with Crippen molar-refractivity contribution < 1.29 is 4.79 Å². The molecular weight excluding hydrogens is 224 g/mol. The van der Waals surface area contributed by atoms with Gasteiger partial charge in [0.05, 0.1) is 0 Å².